The molecule has 0 aliphatic rings. The predicted molar refractivity (Wildman–Crippen MR) is 94.7 cm³/mol. The molecule has 0 atom stereocenters. The van der Waals surface area contributed by atoms with E-state index >= 15 is 0 Å². The third-order valence-electron chi connectivity index (χ3n) is 3.73. The van der Waals surface area contributed by atoms with Crippen LogP contribution in [-0.2, 0) is 9.53 Å². The van der Waals surface area contributed by atoms with Gasteiger partial charge in [-0.05, 0) is 49.2 Å². The van der Waals surface area contributed by atoms with Gasteiger partial charge in [0.1, 0.15) is 6.54 Å². The van der Waals surface area contributed by atoms with E-state index in [1.54, 1.807) is 24.3 Å². The Morgan fingerprint density at radius 2 is 1.52 bits per heavy atom. The molecule has 0 bridgehead atoms. The molecule has 2 rings (SSSR count). The van der Waals surface area contributed by atoms with Gasteiger partial charge in [-0.15, -0.1) is 0 Å². The topological polar surface area (TPSA) is 84.5 Å². The summed E-state index contributed by atoms with van der Waals surface area (Å²) in [5.74, 6) is -1.11. The number of esters is 1. The van der Waals surface area contributed by atoms with E-state index < -0.39 is 11.9 Å². The van der Waals surface area contributed by atoms with Crippen LogP contribution in [0.4, 0.5) is 5.69 Å². The number of anilines is 1. The van der Waals surface area contributed by atoms with E-state index in [2.05, 4.69) is 15.4 Å². The van der Waals surface area contributed by atoms with Gasteiger partial charge in [0.05, 0.1) is 7.11 Å². The molecule has 0 saturated carbocycles. The second kappa shape index (κ2) is 8.10. The van der Waals surface area contributed by atoms with E-state index in [-0.39, 0.29) is 12.5 Å². The van der Waals surface area contributed by atoms with Gasteiger partial charge in [0, 0.05) is 16.8 Å². The van der Waals surface area contributed by atoms with Gasteiger partial charge in [-0.1, -0.05) is 18.2 Å². The van der Waals surface area contributed by atoms with E-state index in [0.29, 0.717) is 16.8 Å². The van der Waals surface area contributed by atoms with Crippen LogP contribution < -0.4 is 10.6 Å². The average Bonchev–Trinajstić information content (AvgIpc) is 2.59. The van der Waals surface area contributed by atoms with Crippen molar-refractivity contribution >= 4 is 23.5 Å². The lowest BCUT2D eigenvalue weighted by molar-refractivity contribution is -0.139. The molecule has 0 unspecified atom stereocenters. The van der Waals surface area contributed by atoms with Gasteiger partial charge in [0.15, 0.2) is 0 Å². The summed E-state index contributed by atoms with van der Waals surface area (Å²) in [5.41, 5.74) is 3.40. The Morgan fingerprint density at radius 1 is 0.920 bits per heavy atom. The molecule has 0 radical (unpaired) electrons. The first-order chi connectivity index (χ1) is 11.9. The van der Waals surface area contributed by atoms with Crippen LogP contribution in [0.25, 0.3) is 0 Å². The Kier molecular flexibility index (Phi) is 5.89. The molecule has 130 valence electrons. The van der Waals surface area contributed by atoms with Crippen LogP contribution in [-0.4, -0.2) is 31.4 Å². The molecule has 2 aromatic rings. The summed E-state index contributed by atoms with van der Waals surface area (Å²) in [4.78, 5) is 35.4. The fourth-order valence-electron chi connectivity index (χ4n) is 2.40. The molecule has 0 fully saturated rings. The lowest BCUT2D eigenvalue weighted by Crippen LogP contribution is -2.30. The van der Waals surface area contributed by atoms with Crippen molar-refractivity contribution in [2.45, 2.75) is 13.8 Å². The van der Waals surface area contributed by atoms with Crippen LogP contribution in [0, 0.1) is 13.8 Å². The second-order valence-corrected chi connectivity index (χ2v) is 5.56. The zero-order valence-corrected chi connectivity index (χ0v) is 14.4. The zero-order chi connectivity index (χ0) is 18.4. The van der Waals surface area contributed by atoms with E-state index in [9.17, 15) is 14.4 Å². The highest BCUT2D eigenvalue weighted by Gasteiger charge is 2.13. The highest BCUT2D eigenvalue weighted by molar-refractivity contribution is 6.06. The van der Waals surface area contributed by atoms with E-state index in [4.69, 9.17) is 0 Å². The molecular formula is C19H20N2O4. The molecule has 25 heavy (non-hydrogen) atoms. The summed E-state index contributed by atoms with van der Waals surface area (Å²) in [7, 11) is 1.25. The van der Waals surface area contributed by atoms with Gasteiger partial charge in [0.2, 0.25) is 0 Å². The van der Waals surface area contributed by atoms with Crippen LogP contribution in [0.3, 0.4) is 0 Å². The molecular weight excluding hydrogens is 320 g/mol. The highest BCUT2D eigenvalue weighted by Crippen LogP contribution is 2.16. The van der Waals surface area contributed by atoms with Gasteiger partial charge in [-0.25, -0.2) is 0 Å². The Balaban J connectivity index is 2.04. The van der Waals surface area contributed by atoms with Crippen LogP contribution in [0.5, 0.6) is 0 Å². The van der Waals surface area contributed by atoms with E-state index in [0.717, 1.165) is 11.1 Å². The first kappa shape index (κ1) is 18.2. The van der Waals surface area contributed by atoms with Crippen LogP contribution in [0.2, 0.25) is 0 Å². The second-order valence-electron chi connectivity index (χ2n) is 5.56. The Morgan fingerprint density at radius 3 is 2.08 bits per heavy atom. The minimum absolute atomic E-state index is 0.194. The summed E-state index contributed by atoms with van der Waals surface area (Å²) >= 11 is 0. The highest BCUT2D eigenvalue weighted by atomic mass is 16.5. The first-order valence-corrected chi connectivity index (χ1v) is 7.75. The average molecular weight is 340 g/mol. The van der Waals surface area contributed by atoms with E-state index in [1.165, 1.54) is 7.11 Å². The third kappa shape index (κ3) is 4.67. The monoisotopic (exact) mass is 340 g/mol. The summed E-state index contributed by atoms with van der Waals surface area (Å²) < 4.78 is 4.46. The molecule has 2 aromatic carbocycles. The lowest BCUT2D eigenvalue weighted by atomic mass is 10.0. The molecule has 0 aromatic heterocycles. The summed E-state index contributed by atoms with van der Waals surface area (Å²) in [5, 5.41) is 5.27. The minimum Gasteiger partial charge on any atom is -0.468 e. The zero-order valence-electron chi connectivity index (χ0n) is 14.4. The molecule has 0 aliphatic carbocycles. The van der Waals surface area contributed by atoms with Gasteiger partial charge in [0.25, 0.3) is 11.8 Å². The van der Waals surface area contributed by atoms with Gasteiger partial charge in [-0.3, -0.25) is 14.4 Å². The number of carbonyl (C=O) groups is 3. The SMILES string of the molecule is COC(=O)CNC(=O)c1ccc(NC(=O)c2c(C)cccc2C)cc1. The maximum Gasteiger partial charge on any atom is 0.325 e. The lowest BCUT2D eigenvalue weighted by Gasteiger charge is -2.11. The van der Waals surface area contributed by atoms with Crippen molar-refractivity contribution in [1.82, 2.24) is 5.32 Å². The van der Waals surface area contributed by atoms with Crippen molar-refractivity contribution in [2.24, 2.45) is 0 Å². The number of benzene rings is 2. The standard InChI is InChI=1S/C19H20N2O4/c1-12-5-4-6-13(2)17(12)19(24)21-15-9-7-14(8-10-15)18(23)20-11-16(22)25-3/h4-10H,11H2,1-3H3,(H,20,23)(H,21,24). The fraction of sp³-hybridized carbons (Fsp3) is 0.211. The van der Waals surface area contributed by atoms with Crippen LogP contribution >= 0.6 is 0 Å². The number of ether oxygens (including phenoxy) is 1. The minimum atomic E-state index is -0.522. The molecule has 0 heterocycles. The number of carbonyl (C=O) groups excluding carboxylic acids is 3. The normalized spacial score (nSPS) is 10.0. The molecule has 0 aliphatic heterocycles. The third-order valence-corrected chi connectivity index (χ3v) is 3.73. The quantitative estimate of drug-likeness (QED) is 0.819. The number of amides is 2. The Bertz CT molecular complexity index is 777. The predicted octanol–water partition coefficient (Wildman–Crippen LogP) is 2.46. The van der Waals surface area contributed by atoms with Crippen molar-refractivity contribution < 1.29 is 19.1 Å². The van der Waals surface area contributed by atoms with Gasteiger partial charge < -0.3 is 15.4 Å². The summed E-state index contributed by atoms with van der Waals surface area (Å²) in [6.45, 7) is 3.58. The Hall–Kier alpha value is -3.15. The summed E-state index contributed by atoms with van der Waals surface area (Å²) in [6.07, 6.45) is 0. The van der Waals surface area contributed by atoms with Crippen molar-refractivity contribution in [3.63, 3.8) is 0 Å². The number of rotatable bonds is 5. The number of hydrogen-bond donors (Lipinski definition) is 2. The van der Waals surface area contributed by atoms with Gasteiger partial charge in [-0.2, -0.15) is 0 Å². The summed E-state index contributed by atoms with van der Waals surface area (Å²) in [6, 6.07) is 12.1. The molecule has 6 heteroatoms. The number of aryl methyl sites for hydroxylation is 2. The van der Waals surface area contributed by atoms with E-state index in [1.807, 2.05) is 32.0 Å². The van der Waals surface area contributed by atoms with Crippen molar-refractivity contribution in [3.05, 3.63) is 64.7 Å². The number of hydrogen-bond acceptors (Lipinski definition) is 4. The molecule has 6 nitrogen and oxygen atoms in total. The van der Waals surface area contributed by atoms with Gasteiger partial charge >= 0.3 is 5.97 Å². The molecule has 0 saturated heterocycles. The molecule has 2 amide bonds. The molecule has 2 N–H and O–H groups in total. The fourth-order valence-corrected chi connectivity index (χ4v) is 2.40. The maximum atomic E-state index is 12.4. The molecule has 0 spiro atoms. The van der Waals surface area contributed by atoms with Crippen molar-refractivity contribution in [3.8, 4) is 0 Å². The largest absolute Gasteiger partial charge is 0.468 e. The number of nitrogens with one attached hydrogen (secondary N) is 2. The maximum absolute atomic E-state index is 12.4. The van der Waals surface area contributed by atoms with Crippen molar-refractivity contribution in [1.29, 1.82) is 0 Å². The van der Waals surface area contributed by atoms with Crippen LogP contribution in [0.15, 0.2) is 42.5 Å². The smallest absolute Gasteiger partial charge is 0.325 e. The first-order valence-electron chi connectivity index (χ1n) is 7.75. The number of methoxy groups -OCH3 is 1. The van der Waals surface area contributed by atoms with Crippen molar-refractivity contribution in [2.75, 3.05) is 19.0 Å². The Labute approximate surface area is 146 Å². The van der Waals surface area contributed by atoms with Crippen LogP contribution in [0.1, 0.15) is 31.8 Å².